The van der Waals surface area contributed by atoms with Crippen molar-refractivity contribution in [3.05, 3.63) is 64.8 Å². The first kappa shape index (κ1) is 15.6. The molecule has 20 heavy (non-hydrogen) atoms. The number of nitro benzene ring substituents is 1. The van der Waals surface area contributed by atoms with Gasteiger partial charge in [-0.05, 0) is 30.7 Å². The maximum absolute atomic E-state index is 11.9. The van der Waals surface area contributed by atoms with Crippen LogP contribution in [0.1, 0.15) is 12.5 Å². The van der Waals surface area contributed by atoms with Gasteiger partial charge in [-0.15, -0.1) is 0 Å². The summed E-state index contributed by atoms with van der Waals surface area (Å²) in [6.45, 7) is 5.18. The Morgan fingerprint density at radius 1 is 1.50 bits per heavy atom. The van der Waals surface area contributed by atoms with Crippen molar-refractivity contribution in [3.63, 3.8) is 0 Å². The first-order valence-electron chi connectivity index (χ1n) is 5.90. The van der Waals surface area contributed by atoms with Crippen LogP contribution in [0.3, 0.4) is 0 Å². The molecule has 0 bridgehead atoms. The summed E-state index contributed by atoms with van der Waals surface area (Å²) in [7, 11) is 0. The highest BCUT2D eigenvalue weighted by molar-refractivity contribution is 5.83. The van der Waals surface area contributed by atoms with E-state index in [-0.39, 0.29) is 17.9 Å². The van der Waals surface area contributed by atoms with Crippen molar-refractivity contribution in [1.82, 2.24) is 0 Å². The lowest BCUT2D eigenvalue weighted by Gasteiger charge is -2.22. The van der Waals surface area contributed by atoms with Crippen molar-refractivity contribution in [2.24, 2.45) is 0 Å². The molecule has 1 aromatic rings. The van der Waals surface area contributed by atoms with Gasteiger partial charge in [-0.3, -0.25) is 10.1 Å². The van der Waals surface area contributed by atoms with E-state index >= 15 is 0 Å². The molecule has 0 spiro atoms. The van der Waals surface area contributed by atoms with Crippen LogP contribution < -0.4 is 0 Å². The third-order valence-corrected chi connectivity index (χ3v) is 2.58. The number of rotatable bonds is 6. The van der Waals surface area contributed by atoms with Crippen molar-refractivity contribution >= 4 is 11.7 Å². The Morgan fingerprint density at radius 2 is 2.10 bits per heavy atom. The summed E-state index contributed by atoms with van der Waals surface area (Å²) in [5.41, 5.74) is -1.95. The fourth-order valence-electron chi connectivity index (χ4n) is 1.57. The molecule has 1 unspecified atom stereocenters. The molecule has 6 nitrogen and oxygen atoms in total. The molecule has 0 saturated carbocycles. The number of allylic oxidation sites excluding steroid dienone is 2. The highest BCUT2D eigenvalue weighted by Gasteiger charge is 2.37. The predicted molar refractivity (Wildman–Crippen MR) is 73.0 cm³/mol. The number of aliphatic hydroxyl groups is 1. The zero-order valence-corrected chi connectivity index (χ0v) is 11.0. The summed E-state index contributed by atoms with van der Waals surface area (Å²) in [5.74, 6) is -0.855. The number of nitrogens with zero attached hydrogens (tertiary/aromatic N) is 1. The minimum atomic E-state index is -2.00. The molecule has 106 valence electrons. The topological polar surface area (TPSA) is 89.7 Å². The Balaban J connectivity index is 3.22. The molecule has 6 heteroatoms. The number of hydrogen-bond donors (Lipinski definition) is 1. The largest absolute Gasteiger partial charge is 0.463 e. The van der Waals surface area contributed by atoms with Crippen LogP contribution in [0.25, 0.3) is 0 Å². The number of ether oxygens (including phenoxy) is 1. The molecule has 1 rings (SSSR count). The van der Waals surface area contributed by atoms with Gasteiger partial charge in [0, 0.05) is 12.1 Å². The first-order chi connectivity index (χ1) is 9.45. The smallest absolute Gasteiger partial charge is 0.347 e. The number of carbonyl (C=O) groups is 1. The van der Waals surface area contributed by atoms with Gasteiger partial charge in [0.2, 0.25) is 5.60 Å². The molecule has 0 amide bonds. The molecule has 1 aromatic carbocycles. The van der Waals surface area contributed by atoms with Crippen LogP contribution in [-0.2, 0) is 15.1 Å². The van der Waals surface area contributed by atoms with Gasteiger partial charge in [0.15, 0.2) is 0 Å². The number of hydrogen-bond acceptors (Lipinski definition) is 5. The van der Waals surface area contributed by atoms with Crippen molar-refractivity contribution in [2.75, 3.05) is 6.61 Å². The van der Waals surface area contributed by atoms with E-state index in [1.807, 2.05) is 0 Å². The van der Waals surface area contributed by atoms with Crippen LogP contribution in [0.4, 0.5) is 5.69 Å². The molecular formula is C14H15NO5. The van der Waals surface area contributed by atoms with Gasteiger partial charge in [0.25, 0.3) is 5.69 Å². The van der Waals surface area contributed by atoms with E-state index in [0.29, 0.717) is 0 Å². The quantitative estimate of drug-likeness (QED) is 0.372. The molecule has 0 heterocycles. The Labute approximate surface area is 116 Å². The molecular weight excluding hydrogens is 262 g/mol. The van der Waals surface area contributed by atoms with Crippen LogP contribution in [0.2, 0.25) is 0 Å². The second-order valence-corrected chi connectivity index (χ2v) is 3.89. The van der Waals surface area contributed by atoms with E-state index in [1.165, 1.54) is 42.5 Å². The summed E-state index contributed by atoms with van der Waals surface area (Å²) in [6, 6.07) is 5.04. The van der Waals surface area contributed by atoms with E-state index in [0.717, 1.165) is 0 Å². The van der Waals surface area contributed by atoms with Crippen LogP contribution in [0, 0.1) is 10.1 Å². The number of non-ortho nitro benzene ring substituents is 1. The van der Waals surface area contributed by atoms with Gasteiger partial charge in [-0.25, -0.2) is 4.79 Å². The molecule has 0 aliphatic heterocycles. The Bertz CT molecular complexity index is 535. The number of carbonyl (C=O) groups excluding carboxylic acids is 1. The molecule has 0 radical (unpaired) electrons. The zero-order chi connectivity index (χ0) is 15.2. The van der Waals surface area contributed by atoms with Crippen molar-refractivity contribution in [3.8, 4) is 0 Å². The summed E-state index contributed by atoms with van der Waals surface area (Å²) < 4.78 is 4.83. The van der Waals surface area contributed by atoms with Gasteiger partial charge in [-0.2, -0.15) is 0 Å². The lowest BCUT2D eigenvalue weighted by molar-refractivity contribution is -0.384. The average Bonchev–Trinajstić information content (AvgIpc) is 2.45. The van der Waals surface area contributed by atoms with Crippen LogP contribution in [0.5, 0.6) is 0 Å². The monoisotopic (exact) mass is 277 g/mol. The average molecular weight is 277 g/mol. The fourth-order valence-corrected chi connectivity index (χ4v) is 1.57. The Morgan fingerprint density at radius 3 is 2.55 bits per heavy atom. The molecule has 0 fully saturated rings. The Kier molecular flexibility index (Phi) is 5.16. The van der Waals surface area contributed by atoms with Crippen molar-refractivity contribution < 1.29 is 19.6 Å². The summed E-state index contributed by atoms with van der Waals surface area (Å²) >= 11 is 0. The summed E-state index contributed by atoms with van der Waals surface area (Å²) in [6.07, 6.45) is 4.02. The first-order valence-corrected chi connectivity index (χ1v) is 5.90. The SMILES string of the molecule is C=C/C=C\C(O)(C(=O)OCC)c1ccc([N+](=O)[O-])cc1. The van der Waals surface area contributed by atoms with Gasteiger partial charge < -0.3 is 9.84 Å². The zero-order valence-electron chi connectivity index (χ0n) is 11.0. The van der Waals surface area contributed by atoms with Crippen LogP contribution in [-0.4, -0.2) is 22.6 Å². The van der Waals surface area contributed by atoms with Crippen molar-refractivity contribution in [1.29, 1.82) is 0 Å². The van der Waals surface area contributed by atoms with E-state index in [1.54, 1.807) is 6.92 Å². The van der Waals surface area contributed by atoms with E-state index < -0.39 is 16.5 Å². The van der Waals surface area contributed by atoms with Gasteiger partial charge in [0.1, 0.15) is 0 Å². The number of benzene rings is 1. The van der Waals surface area contributed by atoms with E-state index in [9.17, 15) is 20.0 Å². The minimum Gasteiger partial charge on any atom is -0.463 e. The second kappa shape index (κ2) is 6.63. The second-order valence-electron chi connectivity index (χ2n) is 3.89. The normalized spacial score (nSPS) is 13.7. The van der Waals surface area contributed by atoms with Gasteiger partial charge >= 0.3 is 5.97 Å². The summed E-state index contributed by atoms with van der Waals surface area (Å²) in [4.78, 5) is 21.9. The lowest BCUT2D eigenvalue weighted by atomic mass is 9.93. The Hall–Kier alpha value is -2.47. The van der Waals surface area contributed by atoms with Crippen LogP contribution in [0.15, 0.2) is 49.1 Å². The van der Waals surface area contributed by atoms with Gasteiger partial charge in [-0.1, -0.05) is 18.7 Å². The molecule has 1 atom stereocenters. The fraction of sp³-hybridized carbons (Fsp3) is 0.214. The number of nitro groups is 1. The number of esters is 1. The minimum absolute atomic E-state index is 0.107. The van der Waals surface area contributed by atoms with Crippen molar-refractivity contribution in [2.45, 2.75) is 12.5 Å². The molecule has 0 aliphatic carbocycles. The summed E-state index contributed by atoms with van der Waals surface area (Å²) in [5, 5.41) is 21.1. The van der Waals surface area contributed by atoms with Crippen LogP contribution >= 0.6 is 0 Å². The lowest BCUT2D eigenvalue weighted by Crippen LogP contribution is -2.35. The standard InChI is InChI=1S/C14H15NO5/c1-3-5-10-14(17,13(16)20-4-2)11-6-8-12(9-7-11)15(18)19/h3,5-10,17H,1,4H2,2H3/b10-5-. The molecule has 0 saturated heterocycles. The molecule has 1 N–H and O–H groups in total. The van der Waals surface area contributed by atoms with E-state index in [4.69, 9.17) is 4.74 Å². The predicted octanol–water partition coefficient (Wildman–Crippen LogP) is 2.09. The highest BCUT2D eigenvalue weighted by Crippen LogP contribution is 2.26. The third kappa shape index (κ3) is 3.30. The molecule has 0 aromatic heterocycles. The van der Waals surface area contributed by atoms with Gasteiger partial charge in [0.05, 0.1) is 11.5 Å². The van der Waals surface area contributed by atoms with E-state index in [2.05, 4.69) is 6.58 Å². The molecule has 0 aliphatic rings. The maximum Gasteiger partial charge on any atom is 0.347 e. The highest BCUT2D eigenvalue weighted by atomic mass is 16.6. The third-order valence-electron chi connectivity index (χ3n) is 2.58. The maximum atomic E-state index is 11.9.